The number of H-pyrrole nitrogens is 1. The number of aromatic nitrogens is 2. The summed E-state index contributed by atoms with van der Waals surface area (Å²) in [5.74, 6) is -0.235. The normalized spacial score (nSPS) is 11.9. The number of nitrogens with zero attached hydrogens (tertiary/aromatic N) is 2. The van der Waals surface area contributed by atoms with Gasteiger partial charge in [0.1, 0.15) is 0 Å². The molecule has 0 saturated carbocycles. The molecule has 2 amide bonds. The Hall–Kier alpha value is -3.97. The molecule has 0 unspecified atom stereocenters. The Balaban J connectivity index is 1.71. The minimum atomic E-state index is -0.280. The number of amides is 2. The molecule has 0 aliphatic rings. The maximum Gasteiger partial charge on any atom is 0.254 e. The molecule has 2 aromatic heterocycles. The molecule has 7 heteroatoms. The molecule has 0 saturated heterocycles. The molecule has 0 aliphatic carbocycles. The van der Waals surface area contributed by atoms with E-state index in [0.29, 0.717) is 23.4 Å². The van der Waals surface area contributed by atoms with Crippen molar-refractivity contribution in [2.45, 2.75) is 26.4 Å². The molecule has 7 nitrogen and oxygen atoms in total. The number of carbonyl (C=O) groups excluding carboxylic acids is 2. The van der Waals surface area contributed by atoms with Gasteiger partial charge < -0.3 is 20.9 Å². The van der Waals surface area contributed by atoms with Crippen molar-refractivity contribution in [3.8, 4) is 11.4 Å². The van der Waals surface area contributed by atoms with Gasteiger partial charge in [-0.3, -0.25) is 9.59 Å². The van der Waals surface area contributed by atoms with E-state index < -0.39 is 0 Å². The van der Waals surface area contributed by atoms with Crippen molar-refractivity contribution in [1.82, 2.24) is 20.2 Å². The number of fused-ring (bicyclic) bond motifs is 1. The van der Waals surface area contributed by atoms with E-state index in [1.165, 1.54) is 4.90 Å². The number of rotatable bonds is 6. The highest BCUT2D eigenvalue weighted by Gasteiger charge is 2.19. The number of carbonyl (C=O) groups is 2. The SMILES string of the molecule is Cc1ccc(CN)cc1C(=O)N[C@H](C)c1cc(-c2cc(C(=O)N(C)C)c[nH]2)nc2ccccc12. The van der Waals surface area contributed by atoms with Crippen molar-refractivity contribution >= 4 is 22.7 Å². The molecular weight excluding hydrogens is 426 g/mol. The van der Waals surface area contributed by atoms with Gasteiger partial charge in [0.25, 0.3) is 11.8 Å². The summed E-state index contributed by atoms with van der Waals surface area (Å²) in [5.41, 5.74) is 11.9. The van der Waals surface area contributed by atoms with Gasteiger partial charge in [0.2, 0.25) is 0 Å². The van der Waals surface area contributed by atoms with E-state index >= 15 is 0 Å². The van der Waals surface area contributed by atoms with Crippen molar-refractivity contribution in [3.05, 3.63) is 88.6 Å². The molecule has 4 N–H and O–H groups in total. The molecule has 0 radical (unpaired) electrons. The van der Waals surface area contributed by atoms with Gasteiger partial charge in [-0.25, -0.2) is 4.98 Å². The van der Waals surface area contributed by atoms with Gasteiger partial charge in [-0.2, -0.15) is 0 Å². The second-order valence-corrected chi connectivity index (χ2v) is 8.66. The fraction of sp³-hybridized carbons (Fsp3) is 0.222. The lowest BCUT2D eigenvalue weighted by Gasteiger charge is -2.18. The van der Waals surface area contributed by atoms with Gasteiger partial charge in [0.15, 0.2) is 0 Å². The fourth-order valence-corrected chi connectivity index (χ4v) is 4.02. The van der Waals surface area contributed by atoms with Crippen LogP contribution in [0.25, 0.3) is 22.3 Å². The predicted octanol–water partition coefficient (Wildman–Crippen LogP) is 4.19. The summed E-state index contributed by atoms with van der Waals surface area (Å²) in [6, 6.07) is 17.0. The highest BCUT2D eigenvalue weighted by Crippen LogP contribution is 2.29. The van der Waals surface area contributed by atoms with Crippen LogP contribution in [0.1, 0.15) is 50.4 Å². The molecule has 0 aliphatic heterocycles. The Morgan fingerprint density at radius 2 is 1.88 bits per heavy atom. The molecular formula is C27H29N5O2. The first kappa shape index (κ1) is 23.2. The van der Waals surface area contributed by atoms with Gasteiger partial charge in [-0.15, -0.1) is 0 Å². The van der Waals surface area contributed by atoms with E-state index in [4.69, 9.17) is 10.7 Å². The molecule has 2 heterocycles. The minimum Gasteiger partial charge on any atom is -0.359 e. The van der Waals surface area contributed by atoms with Crippen LogP contribution < -0.4 is 11.1 Å². The molecule has 2 aromatic carbocycles. The summed E-state index contributed by atoms with van der Waals surface area (Å²) in [4.78, 5) is 35.0. The smallest absolute Gasteiger partial charge is 0.254 e. The van der Waals surface area contributed by atoms with Crippen LogP contribution in [0, 0.1) is 6.92 Å². The second-order valence-electron chi connectivity index (χ2n) is 8.66. The number of aromatic amines is 1. The summed E-state index contributed by atoms with van der Waals surface area (Å²) in [7, 11) is 3.44. The largest absolute Gasteiger partial charge is 0.359 e. The Bertz CT molecular complexity index is 1370. The number of para-hydroxylation sites is 1. The Kier molecular flexibility index (Phi) is 6.47. The van der Waals surface area contributed by atoms with Crippen LogP contribution in [0.4, 0.5) is 0 Å². The van der Waals surface area contributed by atoms with Gasteiger partial charge in [-0.1, -0.05) is 30.3 Å². The van der Waals surface area contributed by atoms with Crippen LogP contribution in [-0.2, 0) is 6.54 Å². The number of aryl methyl sites for hydroxylation is 1. The van der Waals surface area contributed by atoms with Crippen LogP contribution in [0.5, 0.6) is 0 Å². The Morgan fingerprint density at radius 1 is 1.12 bits per heavy atom. The Morgan fingerprint density at radius 3 is 2.62 bits per heavy atom. The lowest BCUT2D eigenvalue weighted by molar-refractivity contribution is 0.0827. The summed E-state index contributed by atoms with van der Waals surface area (Å²) < 4.78 is 0. The van der Waals surface area contributed by atoms with Crippen molar-refractivity contribution in [3.63, 3.8) is 0 Å². The van der Waals surface area contributed by atoms with Gasteiger partial charge in [-0.05, 0) is 54.8 Å². The van der Waals surface area contributed by atoms with Crippen molar-refractivity contribution in [2.75, 3.05) is 14.1 Å². The third kappa shape index (κ3) is 4.56. The first-order valence-electron chi connectivity index (χ1n) is 11.2. The third-order valence-corrected chi connectivity index (χ3v) is 5.96. The number of hydrogen-bond donors (Lipinski definition) is 3. The molecule has 174 valence electrons. The average molecular weight is 456 g/mol. The topological polar surface area (TPSA) is 104 Å². The highest BCUT2D eigenvalue weighted by atomic mass is 16.2. The zero-order valence-corrected chi connectivity index (χ0v) is 19.8. The van der Waals surface area contributed by atoms with Crippen LogP contribution in [0.15, 0.2) is 60.8 Å². The third-order valence-electron chi connectivity index (χ3n) is 5.96. The molecule has 4 aromatic rings. The maximum atomic E-state index is 13.1. The minimum absolute atomic E-state index is 0.0841. The fourth-order valence-electron chi connectivity index (χ4n) is 4.02. The van der Waals surface area contributed by atoms with E-state index in [1.54, 1.807) is 26.4 Å². The summed E-state index contributed by atoms with van der Waals surface area (Å²) in [5, 5.41) is 4.10. The number of benzene rings is 2. The van der Waals surface area contributed by atoms with Gasteiger partial charge in [0, 0.05) is 37.8 Å². The Labute approximate surface area is 199 Å². The second kappa shape index (κ2) is 9.49. The summed E-state index contributed by atoms with van der Waals surface area (Å²) in [6.07, 6.45) is 1.69. The number of pyridine rings is 1. The maximum absolute atomic E-state index is 13.1. The van der Waals surface area contributed by atoms with Crippen LogP contribution in [0.2, 0.25) is 0 Å². The zero-order chi connectivity index (χ0) is 24.4. The molecule has 0 bridgehead atoms. The molecule has 1 atom stereocenters. The zero-order valence-electron chi connectivity index (χ0n) is 19.8. The molecule has 34 heavy (non-hydrogen) atoms. The molecule has 0 spiro atoms. The van der Waals surface area contributed by atoms with Crippen molar-refractivity contribution < 1.29 is 9.59 Å². The first-order chi connectivity index (χ1) is 16.3. The van der Waals surface area contributed by atoms with Gasteiger partial charge >= 0.3 is 0 Å². The monoisotopic (exact) mass is 455 g/mol. The number of nitrogens with one attached hydrogen (secondary N) is 2. The number of nitrogens with two attached hydrogens (primary N) is 1. The number of hydrogen-bond acceptors (Lipinski definition) is 4. The lowest BCUT2D eigenvalue weighted by atomic mass is 9.99. The van der Waals surface area contributed by atoms with Crippen LogP contribution in [-0.4, -0.2) is 40.8 Å². The summed E-state index contributed by atoms with van der Waals surface area (Å²) in [6.45, 7) is 4.25. The van der Waals surface area contributed by atoms with Gasteiger partial charge in [0.05, 0.1) is 28.5 Å². The van der Waals surface area contributed by atoms with E-state index in [-0.39, 0.29) is 17.9 Å². The predicted molar refractivity (Wildman–Crippen MR) is 134 cm³/mol. The lowest BCUT2D eigenvalue weighted by Crippen LogP contribution is -2.27. The van der Waals surface area contributed by atoms with E-state index in [2.05, 4.69) is 10.3 Å². The van der Waals surface area contributed by atoms with E-state index in [1.807, 2.05) is 62.4 Å². The average Bonchev–Trinajstić information content (AvgIpc) is 3.33. The van der Waals surface area contributed by atoms with Crippen molar-refractivity contribution in [2.24, 2.45) is 5.73 Å². The quantitative estimate of drug-likeness (QED) is 0.405. The summed E-state index contributed by atoms with van der Waals surface area (Å²) >= 11 is 0. The standard InChI is InChI=1S/C27H29N5O2/c1-16-9-10-18(14-28)11-21(16)26(33)30-17(2)22-13-25(31-23-8-6-5-7-20(22)23)24-12-19(15-29-24)27(34)32(3)4/h5-13,15,17,29H,14,28H2,1-4H3,(H,30,33)/t17-/m1/s1. The van der Waals surface area contributed by atoms with Crippen LogP contribution >= 0.6 is 0 Å². The van der Waals surface area contributed by atoms with E-state index in [0.717, 1.165) is 33.3 Å². The molecule has 4 rings (SSSR count). The van der Waals surface area contributed by atoms with Crippen molar-refractivity contribution in [1.29, 1.82) is 0 Å². The van der Waals surface area contributed by atoms with E-state index in [9.17, 15) is 9.59 Å². The van der Waals surface area contributed by atoms with Crippen LogP contribution in [0.3, 0.4) is 0 Å². The highest BCUT2D eigenvalue weighted by molar-refractivity contribution is 5.97. The first-order valence-corrected chi connectivity index (χ1v) is 11.2. The molecule has 0 fully saturated rings.